The molecule has 1 amide bonds. The predicted octanol–water partition coefficient (Wildman–Crippen LogP) is 4.32. The molecule has 2 aromatic carbocycles. The first kappa shape index (κ1) is 20.1. The molecule has 0 aromatic heterocycles. The van der Waals surface area contributed by atoms with Crippen molar-refractivity contribution in [3.8, 4) is 5.75 Å². The van der Waals surface area contributed by atoms with Crippen molar-refractivity contribution in [2.75, 3.05) is 6.61 Å². The lowest BCUT2D eigenvalue weighted by atomic mass is 10.2. The Labute approximate surface area is 158 Å². The van der Waals surface area contributed by atoms with Crippen LogP contribution in [0.1, 0.15) is 48.5 Å². The summed E-state index contributed by atoms with van der Waals surface area (Å²) in [5.41, 5.74) is 3.14. The molecular formula is C20H23N3O4. The summed E-state index contributed by atoms with van der Waals surface area (Å²) in [4.78, 5) is 22.3. The predicted molar refractivity (Wildman–Crippen MR) is 104 cm³/mol. The van der Waals surface area contributed by atoms with Gasteiger partial charge in [0.2, 0.25) is 0 Å². The van der Waals surface area contributed by atoms with E-state index in [-0.39, 0.29) is 11.3 Å². The van der Waals surface area contributed by atoms with Crippen LogP contribution in [0.5, 0.6) is 5.75 Å². The molecule has 2 aromatic rings. The largest absolute Gasteiger partial charge is 0.493 e. The summed E-state index contributed by atoms with van der Waals surface area (Å²) in [6, 6.07) is 12.9. The first-order valence-electron chi connectivity index (χ1n) is 8.91. The summed E-state index contributed by atoms with van der Waals surface area (Å²) < 4.78 is 5.79. The van der Waals surface area contributed by atoms with Crippen LogP contribution in [0.25, 0.3) is 0 Å². The van der Waals surface area contributed by atoms with Crippen LogP contribution in [0.3, 0.4) is 0 Å². The van der Waals surface area contributed by atoms with Gasteiger partial charge in [-0.25, -0.2) is 5.43 Å². The minimum Gasteiger partial charge on any atom is -0.493 e. The van der Waals surface area contributed by atoms with Gasteiger partial charge in [-0.3, -0.25) is 14.9 Å². The van der Waals surface area contributed by atoms with Crippen LogP contribution in [0.15, 0.2) is 53.6 Å². The molecule has 2 rings (SSSR count). The Morgan fingerprint density at radius 2 is 2.00 bits per heavy atom. The quantitative estimate of drug-likeness (QED) is 0.292. The van der Waals surface area contributed by atoms with Gasteiger partial charge >= 0.3 is 0 Å². The molecule has 0 atom stereocenters. The maximum Gasteiger partial charge on any atom is 0.271 e. The van der Waals surface area contributed by atoms with Crippen LogP contribution in [0.2, 0.25) is 0 Å². The molecule has 0 saturated heterocycles. The van der Waals surface area contributed by atoms with E-state index in [9.17, 15) is 14.9 Å². The van der Waals surface area contributed by atoms with E-state index >= 15 is 0 Å². The number of amides is 1. The highest BCUT2D eigenvalue weighted by Gasteiger charge is 2.10. The van der Waals surface area contributed by atoms with Gasteiger partial charge < -0.3 is 4.74 Å². The molecule has 142 valence electrons. The number of nitro groups is 1. The highest BCUT2D eigenvalue weighted by molar-refractivity contribution is 5.95. The normalized spacial score (nSPS) is 10.7. The van der Waals surface area contributed by atoms with Gasteiger partial charge in [-0.1, -0.05) is 44.4 Å². The summed E-state index contributed by atoms with van der Waals surface area (Å²) in [6.45, 7) is 2.79. The lowest BCUT2D eigenvalue weighted by Gasteiger charge is -2.08. The van der Waals surface area contributed by atoms with E-state index in [4.69, 9.17) is 4.74 Å². The molecule has 0 heterocycles. The fourth-order valence-electron chi connectivity index (χ4n) is 2.42. The van der Waals surface area contributed by atoms with Crippen molar-refractivity contribution in [3.63, 3.8) is 0 Å². The second kappa shape index (κ2) is 10.7. The average Bonchev–Trinajstić information content (AvgIpc) is 2.69. The monoisotopic (exact) mass is 369 g/mol. The van der Waals surface area contributed by atoms with E-state index in [1.807, 2.05) is 24.3 Å². The average molecular weight is 369 g/mol. The molecule has 1 N–H and O–H groups in total. The minimum atomic E-state index is -0.547. The smallest absolute Gasteiger partial charge is 0.271 e. The van der Waals surface area contributed by atoms with Crippen molar-refractivity contribution in [1.29, 1.82) is 0 Å². The third-order valence-corrected chi connectivity index (χ3v) is 3.86. The molecule has 0 unspecified atom stereocenters. The molecule has 0 aliphatic carbocycles. The van der Waals surface area contributed by atoms with E-state index < -0.39 is 10.8 Å². The van der Waals surface area contributed by atoms with Gasteiger partial charge in [-0.2, -0.15) is 5.10 Å². The minimum absolute atomic E-state index is 0.145. The number of benzene rings is 2. The number of rotatable bonds is 10. The summed E-state index contributed by atoms with van der Waals surface area (Å²) in [5, 5.41) is 14.7. The molecule has 7 nitrogen and oxygen atoms in total. The van der Waals surface area contributed by atoms with Gasteiger partial charge in [0.1, 0.15) is 5.75 Å². The van der Waals surface area contributed by atoms with E-state index in [1.165, 1.54) is 43.3 Å². The first-order chi connectivity index (χ1) is 13.1. The number of carbonyl (C=O) groups is 1. The van der Waals surface area contributed by atoms with E-state index in [1.54, 1.807) is 0 Å². The first-order valence-corrected chi connectivity index (χ1v) is 8.91. The Hall–Kier alpha value is -3.22. The lowest BCUT2D eigenvalue weighted by molar-refractivity contribution is -0.384. The highest BCUT2D eigenvalue weighted by atomic mass is 16.6. The highest BCUT2D eigenvalue weighted by Crippen LogP contribution is 2.17. The van der Waals surface area contributed by atoms with Gasteiger partial charge in [-0.15, -0.1) is 0 Å². The molecular weight excluding hydrogens is 346 g/mol. The number of nitrogens with zero attached hydrogens (tertiary/aromatic N) is 2. The maximum absolute atomic E-state index is 12.1. The van der Waals surface area contributed by atoms with Gasteiger partial charge in [0.15, 0.2) is 0 Å². The Balaban J connectivity index is 1.94. The molecule has 0 aliphatic rings. The second-order valence-electron chi connectivity index (χ2n) is 5.95. The van der Waals surface area contributed by atoms with Crippen LogP contribution in [-0.4, -0.2) is 23.7 Å². The van der Waals surface area contributed by atoms with Gasteiger partial charge in [0.05, 0.1) is 17.7 Å². The molecule has 0 fully saturated rings. The Kier molecular flexibility index (Phi) is 7.96. The van der Waals surface area contributed by atoms with E-state index in [0.29, 0.717) is 12.4 Å². The van der Waals surface area contributed by atoms with Crippen molar-refractivity contribution in [1.82, 2.24) is 5.43 Å². The second-order valence-corrected chi connectivity index (χ2v) is 5.95. The zero-order valence-electron chi connectivity index (χ0n) is 15.3. The number of hydrogen-bond donors (Lipinski definition) is 1. The maximum atomic E-state index is 12.1. The number of nitrogens with one attached hydrogen (secondary N) is 1. The van der Waals surface area contributed by atoms with Gasteiger partial charge in [0.25, 0.3) is 11.6 Å². The third-order valence-electron chi connectivity index (χ3n) is 3.86. The Bertz CT molecular complexity index is 805. The summed E-state index contributed by atoms with van der Waals surface area (Å²) in [5.74, 6) is 0.176. The molecule has 0 radical (unpaired) electrons. The van der Waals surface area contributed by atoms with Crippen LogP contribution in [0.4, 0.5) is 5.69 Å². The number of carbonyl (C=O) groups excluding carboxylic acids is 1. The van der Waals surface area contributed by atoms with Crippen molar-refractivity contribution in [2.45, 2.75) is 32.6 Å². The van der Waals surface area contributed by atoms with Crippen molar-refractivity contribution >= 4 is 17.8 Å². The number of non-ortho nitro benzene ring substituents is 1. The topological polar surface area (TPSA) is 93.8 Å². The van der Waals surface area contributed by atoms with Crippen molar-refractivity contribution in [2.24, 2.45) is 5.10 Å². The molecule has 0 spiro atoms. The van der Waals surface area contributed by atoms with E-state index in [2.05, 4.69) is 17.5 Å². The molecule has 0 bridgehead atoms. The van der Waals surface area contributed by atoms with Gasteiger partial charge in [0, 0.05) is 23.3 Å². The fraction of sp³-hybridized carbons (Fsp3) is 0.300. The van der Waals surface area contributed by atoms with Crippen LogP contribution >= 0.6 is 0 Å². The SMILES string of the molecule is CCCCCCOc1ccccc1/C=N\NC(=O)c1cccc([N+](=O)[O-])c1. The number of para-hydroxylation sites is 1. The standard InChI is InChI=1S/C20H23N3O4/c1-2-3-4-7-13-27-19-12-6-5-9-17(19)15-21-22-20(24)16-10-8-11-18(14-16)23(25)26/h5-6,8-12,14-15H,2-4,7,13H2,1H3,(H,22,24)/b21-15-. The third kappa shape index (κ3) is 6.54. The number of hydrogen-bond acceptors (Lipinski definition) is 5. The zero-order chi connectivity index (χ0) is 19.5. The lowest BCUT2D eigenvalue weighted by Crippen LogP contribution is -2.17. The molecule has 0 saturated carbocycles. The van der Waals surface area contributed by atoms with Crippen LogP contribution < -0.4 is 10.2 Å². The summed E-state index contributed by atoms with van der Waals surface area (Å²) in [7, 11) is 0. The molecule has 27 heavy (non-hydrogen) atoms. The van der Waals surface area contributed by atoms with Gasteiger partial charge in [-0.05, 0) is 24.6 Å². The Morgan fingerprint density at radius 3 is 2.78 bits per heavy atom. The van der Waals surface area contributed by atoms with E-state index in [0.717, 1.165) is 18.4 Å². The van der Waals surface area contributed by atoms with Crippen LogP contribution in [-0.2, 0) is 0 Å². The number of nitro benzene ring substituents is 1. The fourth-order valence-corrected chi connectivity index (χ4v) is 2.42. The Morgan fingerprint density at radius 1 is 1.19 bits per heavy atom. The summed E-state index contributed by atoms with van der Waals surface area (Å²) >= 11 is 0. The van der Waals surface area contributed by atoms with Crippen molar-refractivity contribution < 1.29 is 14.5 Å². The number of unbranched alkanes of at least 4 members (excludes halogenated alkanes) is 3. The summed E-state index contributed by atoms with van der Waals surface area (Å²) in [6.07, 6.45) is 5.98. The molecule has 7 heteroatoms. The van der Waals surface area contributed by atoms with Crippen LogP contribution in [0, 0.1) is 10.1 Å². The van der Waals surface area contributed by atoms with Crippen molar-refractivity contribution in [3.05, 3.63) is 69.8 Å². The zero-order valence-corrected chi connectivity index (χ0v) is 15.3. The number of hydrazone groups is 1. The number of ether oxygens (including phenoxy) is 1. The molecule has 0 aliphatic heterocycles.